The summed E-state index contributed by atoms with van der Waals surface area (Å²) in [4.78, 5) is 0. The Morgan fingerprint density at radius 1 is 1.38 bits per heavy atom. The Balaban J connectivity index is 2.15. The first kappa shape index (κ1) is 11.5. The molecule has 0 aromatic heterocycles. The number of methoxy groups -OCH3 is 1. The van der Waals surface area contributed by atoms with Gasteiger partial charge >= 0.3 is 0 Å². The lowest BCUT2D eigenvalue weighted by Crippen LogP contribution is -2.18. The van der Waals surface area contributed by atoms with E-state index in [1.807, 2.05) is 11.8 Å². The van der Waals surface area contributed by atoms with Crippen LogP contribution in [-0.2, 0) is 0 Å². The van der Waals surface area contributed by atoms with Gasteiger partial charge in [-0.05, 0) is 12.2 Å². The monoisotopic (exact) mass is 245 g/mol. The molecular formula is C11H13F2NOS. The van der Waals surface area contributed by atoms with Crippen molar-refractivity contribution in [3.63, 3.8) is 0 Å². The van der Waals surface area contributed by atoms with Gasteiger partial charge in [-0.15, -0.1) is 0 Å². The van der Waals surface area contributed by atoms with Gasteiger partial charge in [0.15, 0.2) is 17.4 Å². The van der Waals surface area contributed by atoms with Gasteiger partial charge < -0.3 is 10.1 Å². The Hall–Kier alpha value is -0.970. The standard InChI is InChI=1S/C11H13F2NOS/c1-15-11-9(12)4-8(5-10(11)13)14-7-2-3-16-6-7/h4-5,7,14H,2-3,6H2,1H3. The van der Waals surface area contributed by atoms with Crippen LogP contribution in [0.5, 0.6) is 5.75 Å². The lowest BCUT2D eigenvalue weighted by atomic mass is 10.2. The number of ether oxygens (including phenoxy) is 1. The van der Waals surface area contributed by atoms with Crippen LogP contribution in [0, 0.1) is 11.6 Å². The first-order valence-electron chi connectivity index (χ1n) is 5.08. The summed E-state index contributed by atoms with van der Waals surface area (Å²) in [7, 11) is 1.25. The van der Waals surface area contributed by atoms with Gasteiger partial charge in [0, 0.05) is 29.6 Å². The van der Waals surface area contributed by atoms with E-state index in [-0.39, 0.29) is 5.75 Å². The Kier molecular flexibility index (Phi) is 3.53. The topological polar surface area (TPSA) is 21.3 Å². The average Bonchev–Trinajstić information content (AvgIpc) is 2.70. The maximum Gasteiger partial charge on any atom is 0.190 e. The molecule has 1 unspecified atom stereocenters. The molecule has 1 N–H and O–H groups in total. The molecule has 0 amide bonds. The third-order valence-electron chi connectivity index (χ3n) is 2.50. The van der Waals surface area contributed by atoms with Crippen molar-refractivity contribution in [1.29, 1.82) is 0 Å². The van der Waals surface area contributed by atoms with Gasteiger partial charge in [-0.3, -0.25) is 0 Å². The maximum absolute atomic E-state index is 13.4. The minimum Gasteiger partial charge on any atom is -0.491 e. The molecule has 88 valence electrons. The molecule has 1 heterocycles. The molecule has 2 nitrogen and oxygen atoms in total. The number of anilines is 1. The molecule has 1 aliphatic heterocycles. The summed E-state index contributed by atoms with van der Waals surface area (Å²) < 4.78 is 31.4. The molecule has 1 aliphatic rings. The molecule has 0 saturated carbocycles. The second-order valence-corrected chi connectivity index (χ2v) is 4.83. The van der Waals surface area contributed by atoms with Crippen molar-refractivity contribution in [2.75, 3.05) is 23.9 Å². The number of hydrogen-bond donors (Lipinski definition) is 1. The Bertz CT molecular complexity index is 357. The molecule has 1 atom stereocenters. The molecule has 16 heavy (non-hydrogen) atoms. The highest BCUT2D eigenvalue weighted by molar-refractivity contribution is 7.99. The molecule has 1 aromatic rings. The first-order chi connectivity index (χ1) is 7.70. The highest BCUT2D eigenvalue weighted by Crippen LogP contribution is 2.27. The molecule has 5 heteroatoms. The van der Waals surface area contributed by atoms with Crippen LogP contribution in [0.2, 0.25) is 0 Å². The normalized spacial score (nSPS) is 19.8. The second kappa shape index (κ2) is 4.91. The zero-order valence-corrected chi connectivity index (χ0v) is 9.74. The van der Waals surface area contributed by atoms with E-state index in [1.165, 1.54) is 19.2 Å². The third-order valence-corrected chi connectivity index (χ3v) is 3.67. The lowest BCUT2D eigenvalue weighted by molar-refractivity contribution is 0.360. The molecule has 0 radical (unpaired) electrons. The van der Waals surface area contributed by atoms with Crippen LogP contribution in [-0.4, -0.2) is 24.7 Å². The minimum absolute atomic E-state index is 0.303. The van der Waals surface area contributed by atoms with Gasteiger partial charge in [0.2, 0.25) is 0 Å². The lowest BCUT2D eigenvalue weighted by Gasteiger charge is -2.14. The van der Waals surface area contributed by atoms with E-state index in [9.17, 15) is 8.78 Å². The van der Waals surface area contributed by atoms with Crippen LogP contribution >= 0.6 is 11.8 Å². The number of hydrogen-bond acceptors (Lipinski definition) is 3. The molecule has 0 bridgehead atoms. The maximum atomic E-state index is 13.4. The van der Waals surface area contributed by atoms with Crippen molar-refractivity contribution in [2.24, 2.45) is 0 Å². The van der Waals surface area contributed by atoms with E-state index >= 15 is 0 Å². The van der Waals surface area contributed by atoms with Gasteiger partial charge in [0.1, 0.15) is 0 Å². The largest absolute Gasteiger partial charge is 0.491 e. The molecule has 0 spiro atoms. The van der Waals surface area contributed by atoms with Crippen molar-refractivity contribution in [3.8, 4) is 5.75 Å². The van der Waals surface area contributed by atoms with Gasteiger partial charge in [-0.2, -0.15) is 11.8 Å². The number of halogens is 2. The summed E-state index contributed by atoms with van der Waals surface area (Å²) in [5, 5.41) is 3.12. The Labute approximate surface area is 97.4 Å². The van der Waals surface area contributed by atoms with Crippen LogP contribution < -0.4 is 10.1 Å². The van der Waals surface area contributed by atoms with Crippen LogP contribution in [0.3, 0.4) is 0 Å². The third kappa shape index (κ3) is 2.40. The van der Waals surface area contributed by atoms with Crippen molar-refractivity contribution < 1.29 is 13.5 Å². The highest BCUT2D eigenvalue weighted by atomic mass is 32.2. The Morgan fingerprint density at radius 3 is 2.56 bits per heavy atom. The number of benzene rings is 1. The summed E-state index contributed by atoms with van der Waals surface area (Å²) in [5.41, 5.74) is 0.475. The average molecular weight is 245 g/mol. The van der Waals surface area contributed by atoms with E-state index in [0.717, 1.165) is 17.9 Å². The van der Waals surface area contributed by atoms with Gasteiger partial charge in [-0.25, -0.2) is 8.78 Å². The van der Waals surface area contributed by atoms with Crippen molar-refractivity contribution in [1.82, 2.24) is 0 Å². The van der Waals surface area contributed by atoms with E-state index in [1.54, 1.807) is 0 Å². The summed E-state index contributed by atoms with van der Waals surface area (Å²) >= 11 is 1.84. The number of rotatable bonds is 3. The first-order valence-corrected chi connectivity index (χ1v) is 6.23. The highest BCUT2D eigenvalue weighted by Gasteiger charge is 2.17. The molecule has 1 fully saturated rings. The van der Waals surface area contributed by atoms with E-state index in [0.29, 0.717) is 11.7 Å². The number of thioether (sulfide) groups is 1. The molecule has 1 aromatic carbocycles. The van der Waals surface area contributed by atoms with Crippen LogP contribution in [0.15, 0.2) is 12.1 Å². The summed E-state index contributed by atoms with van der Waals surface area (Å²) in [5.74, 6) is 0.409. The fourth-order valence-electron chi connectivity index (χ4n) is 1.72. The van der Waals surface area contributed by atoms with Crippen LogP contribution in [0.4, 0.5) is 14.5 Å². The molecule has 0 aliphatic carbocycles. The fourth-order valence-corrected chi connectivity index (χ4v) is 2.87. The van der Waals surface area contributed by atoms with E-state index in [4.69, 9.17) is 0 Å². The zero-order valence-electron chi connectivity index (χ0n) is 8.93. The summed E-state index contributed by atoms with van der Waals surface area (Å²) in [6.45, 7) is 0. The number of nitrogens with one attached hydrogen (secondary N) is 1. The molecule has 1 saturated heterocycles. The SMILES string of the molecule is COc1c(F)cc(NC2CCSC2)cc1F. The van der Waals surface area contributed by atoms with E-state index < -0.39 is 11.6 Å². The minimum atomic E-state index is -0.671. The van der Waals surface area contributed by atoms with Crippen LogP contribution in [0.25, 0.3) is 0 Å². The summed E-state index contributed by atoms with van der Waals surface area (Å²) in [6.07, 6.45) is 1.03. The molecular weight excluding hydrogens is 232 g/mol. The Morgan fingerprint density at radius 2 is 2.06 bits per heavy atom. The van der Waals surface area contributed by atoms with E-state index in [2.05, 4.69) is 10.1 Å². The zero-order chi connectivity index (χ0) is 11.5. The summed E-state index contributed by atoms with van der Waals surface area (Å²) in [6, 6.07) is 2.84. The second-order valence-electron chi connectivity index (χ2n) is 3.68. The van der Waals surface area contributed by atoms with Crippen molar-refractivity contribution in [2.45, 2.75) is 12.5 Å². The predicted molar refractivity (Wildman–Crippen MR) is 62.3 cm³/mol. The molecule has 2 rings (SSSR count). The fraction of sp³-hybridized carbons (Fsp3) is 0.455. The van der Waals surface area contributed by atoms with Gasteiger partial charge in [0.25, 0.3) is 0 Å². The van der Waals surface area contributed by atoms with Crippen molar-refractivity contribution >= 4 is 17.4 Å². The predicted octanol–water partition coefficient (Wildman–Crippen LogP) is 2.89. The van der Waals surface area contributed by atoms with Crippen LogP contribution in [0.1, 0.15) is 6.42 Å². The van der Waals surface area contributed by atoms with Crippen molar-refractivity contribution in [3.05, 3.63) is 23.8 Å². The smallest absolute Gasteiger partial charge is 0.190 e. The van der Waals surface area contributed by atoms with Gasteiger partial charge in [0.05, 0.1) is 7.11 Å². The van der Waals surface area contributed by atoms with Gasteiger partial charge in [-0.1, -0.05) is 0 Å². The quantitative estimate of drug-likeness (QED) is 0.884.